The number of nitriles is 1. The molecule has 4 rings (SSSR count). The third-order valence-corrected chi connectivity index (χ3v) is 14.1. The van der Waals surface area contributed by atoms with Crippen LogP contribution in [0.5, 0.6) is 0 Å². The minimum absolute atomic E-state index is 0.0171. The molecule has 5 atom stereocenters. The highest BCUT2D eigenvalue weighted by Gasteiger charge is 2.56. The number of nitrogens with zero attached hydrogens (tertiary/aromatic N) is 1. The lowest BCUT2D eigenvalue weighted by atomic mass is 9.80. The van der Waals surface area contributed by atoms with Gasteiger partial charge in [0.15, 0.2) is 0 Å². The number of esters is 1. The van der Waals surface area contributed by atoms with Gasteiger partial charge in [-0.1, -0.05) is 74.5 Å². The van der Waals surface area contributed by atoms with Crippen LogP contribution in [0.2, 0.25) is 5.04 Å². The van der Waals surface area contributed by atoms with Crippen molar-refractivity contribution in [3.05, 3.63) is 60.7 Å². The molecule has 0 saturated carbocycles. The largest absolute Gasteiger partial charge is 0.465 e. The molecule has 2 aromatic carbocycles. The van der Waals surface area contributed by atoms with E-state index in [1.165, 1.54) is 0 Å². The van der Waals surface area contributed by atoms with E-state index in [4.69, 9.17) is 14.2 Å². The number of hydrogen-bond acceptors (Lipinski definition) is 6. The third-order valence-electron chi connectivity index (χ3n) is 9.56. The second-order valence-corrected chi connectivity index (χ2v) is 18.4. The molecular formula is C36H51NO5Si. The number of hydrogen-bond donors (Lipinski definition) is 1. The third kappa shape index (κ3) is 7.60. The maximum Gasteiger partial charge on any atom is 0.311 e. The summed E-state index contributed by atoms with van der Waals surface area (Å²) >= 11 is 0. The fourth-order valence-electron chi connectivity index (χ4n) is 6.91. The number of benzene rings is 2. The summed E-state index contributed by atoms with van der Waals surface area (Å²) in [6.07, 6.45) is 6.37. The van der Waals surface area contributed by atoms with Gasteiger partial charge in [0, 0.05) is 12.3 Å². The topological polar surface area (TPSA) is 88.8 Å². The molecule has 43 heavy (non-hydrogen) atoms. The van der Waals surface area contributed by atoms with Crippen LogP contribution in [-0.4, -0.2) is 49.6 Å². The quantitative estimate of drug-likeness (QED) is 0.174. The monoisotopic (exact) mass is 605 g/mol. The lowest BCUT2D eigenvalue weighted by Gasteiger charge is -2.46. The first-order valence-electron chi connectivity index (χ1n) is 16.0. The number of carbonyl (C=O) groups excluding carboxylic acids is 1. The molecule has 2 aliphatic heterocycles. The molecule has 6 nitrogen and oxygen atoms in total. The summed E-state index contributed by atoms with van der Waals surface area (Å²) in [6.45, 7) is 12.4. The average molecular weight is 606 g/mol. The molecule has 234 valence electrons. The van der Waals surface area contributed by atoms with Gasteiger partial charge in [-0.05, 0) is 88.1 Å². The Kier molecular flexibility index (Phi) is 10.6. The van der Waals surface area contributed by atoms with Crippen LogP contribution in [0.3, 0.4) is 0 Å². The normalized spacial score (nSPS) is 25.0. The van der Waals surface area contributed by atoms with Gasteiger partial charge in [0.1, 0.15) is 0 Å². The van der Waals surface area contributed by atoms with Crippen LogP contribution in [0.1, 0.15) is 92.9 Å². The summed E-state index contributed by atoms with van der Waals surface area (Å²) in [5.41, 5.74) is -0.978. The summed E-state index contributed by atoms with van der Waals surface area (Å²) < 4.78 is 19.2. The van der Waals surface area contributed by atoms with E-state index in [1.54, 1.807) is 0 Å². The number of carbonyl (C=O) groups is 1. The highest BCUT2D eigenvalue weighted by Crippen LogP contribution is 2.50. The van der Waals surface area contributed by atoms with Crippen molar-refractivity contribution in [1.82, 2.24) is 0 Å². The maximum atomic E-state index is 12.7. The molecule has 7 heteroatoms. The summed E-state index contributed by atoms with van der Waals surface area (Å²) in [6, 6.07) is 22.7. The van der Waals surface area contributed by atoms with E-state index < -0.39 is 24.4 Å². The first kappa shape index (κ1) is 33.4. The van der Waals surface area contributed by atoms with Crippen LogP contribution < -0.4 is 10.4 Å². The van der Waals surface area contributed by atoms with E-state index >= 15 is 0 Å². The Bertz CT molecular complexity index is 1200. The minimum Gasteiger partial charge on any atom is -0.465 e. The molecule has 2 heterocycles. The van der Waals surface area contributed by atoms with Gasteiger partial charge in [0.25, 0.3) is 8.32 Å². The van der Waals surface area contributed by atoms with Crippen LogP contribution >= 0.6 is 0 Å². The number of ether oxygens (including phenoxy) is 3. The molecule has 0 aliphatic carbocycles. The zero-order chi connectivity index (χ0) is 31.3. The highest BCUT2D eigenvalue weighted by atomic mass is 28.4. The Morgan fingerprint density at radius 1 is 1.05 bits per heavy atom. The van der Waals surface area contributed by atoms with E-state index in [0.29, 0.717) is 13.0 Å². The smallest absolute Gasteiger partial charge is 0.311 e. The van der Waals surface area contributed by atoms with Crippen LogP contribution in [0, 0.1) is 22.7 Å². The van der Waals surface area contributed by atoms with Crippen molar-refractivity contribution in [3.63, 3.8) is 0 Å². The van der Waals surface area contributed by atoms with Crippen molar-refractivity contribution in [2.75, 3.05) is 6.61 Å². The van der Waals surface area contributed by atoms with Gasteiger partial charge >= 0.3 is 5.97 Å². The minimum atomic E-state index is -3.17. The molecule has 2 saturated heterocycles. The SMILES string of the molecule is C[C@@H](C#N)C[C@H]1CC[C@@H]2O[C@@H](CCCOC(=O)C(C)(C)C)C[C@]2(CCC(C)(C)[Si](O)(c2ccccc2)c2ccccc2)O1. The predicted molar refractivity (Wildman–Crippen MR) is 173 cm³/mol. The van der Waals surface area contributed by atoms with E-state index in [-0.39, 0.29) is 30.2 Å². The average Bonchev–Trinajstić information content (AvgIpc) is 3.36. The predicted octanol–water partition coefficient (Wildman–Crippen LogP) is 6.29. The molecule has 0 radical (unpaired) electrons. The van der Waals surface area contributed by atoms with Gasteiger partial charge in [-0.25, -0.2) is 0 Å². The first-order chi connectivity index (χ1) is 20.3. The summed E-state index contributed by atoms with van der Waals surface area (Å²) in [5, 5.41) is 11.1. The molecule has 1 N–H and O–H groups in total. The van der Waals surface area contributed by atoms with Crippen molar-refractivity contribution in [3.8, 4) is 6.07 Å². The van der Waals surface area contributed by atoms with Gasteiger partial charge in [-0.2, -0.15) is 5.26 Å². The van der Waals surface area contributed by atoms with Crippen molar-refractivity contribution in [1.29, 1.82) is 5.26 Å². The van der Waals surface area contributed by atoms with Crippen LogP contribution in [0.4, 0.5) is 0 Å². The van der Waals surface area contributed by atoms with Crippen molar-refractivity contribution >= 4 is 24.7 Å². The Labute approximate surface area is 259 Å². The maximum absolute atomic E-state index is 12.7. The molecule has 0 unspecified atom stereocenters. The van der Waals surface area contributed by atoms with Gasteiger partial charge in [-0.3, -0.25) is 4.79 Å². The Balaban J connectivity index is 1.54. The number of rotatable bonds is 12. The van der Waals surface area contributed by atoms with Crippen molar-refractivity contribution in [2.24, 2.45) is 11.3 Å². The van der Waals surface area contributed by atoms with E-state index in [9.17, 15) is 14.9 Å². The van der Waals surface area contributed by atoms with E-state index in [2.05, 4.69) is 44.2 Å². The highest BCUT2D eigenvalue weighted by molar-refractivity contribution is 6.98. The Morgan fingerprint density at radius 3 is 2.21 bits per heavy atom. The zero-order valence-electron chi connectivity index (χ0n) is 27.0. The lowest BCUT2D eigenvalue weighted by Crippen LogP contribution is -2.65. The molecule has 2 aromatic rings. The van der Waals surface area contributed by atoms with Gasteiger partial charge in [0.2, 0.25) is 0 Å². The standard InChI is InChI=1S/C36H51NO5Si/c1-27(26-37)24-28-19-20-32-36(42-28,25-29(41-32)14-13-23-40-33(38)34(2,3)4)22-21-35(5,6)43(39,30-15-9-7-10-16-30)31-17-11-8-12-18-31/h7-12,15-18,27-29,32,39H,13-14,19-25H2,1-6H3/t27-,28-,29+,32+,36+/m1/s1. The summed E-state index contributed by atoms with van der Waals surface area (Å²) in [5.74, 6) is -0.252. The molecule has 0 amide bonds. The van der Waals surface area contributed by atoms with E-state index in [1.807, 2.05) is 64.1 Å². The summed E-state index contributed by atoms with van der Waals surface area (Å²) in [7, 11) is -3.17. The first-order valence-corrected chi connectivity index (χ1v) is 18.0. The van der Waals surface area contributed by atoms with Crippen molar-refractivity contribution in [2.45, 2.75) is 122 Å². The fourth-order valence-corrected chi connectivity index (χ4v) is 10.6. The number of fused-ring (bicyclic) bond motifs is 1. The van der Waals surface area contributed by atoms with E-state index in [0.717, 1.165) is 55.3 Å². The van der Waals surface area contributed by atoms with Crippen LogP contribution in [-0.2, 0) is 19.0 Å². The van der Waals surface area contributed by atoms with Crippen molar-refractivity contribution < 1.29 is 23.8 Å². The lowest BCUT2D eigenvalue weighted by molar-refractivity contribution is -0.173. The Morgan fingerprint density at radius 2 is 1.65 bits per heavy atom. The second-order valence-electron chi connectivity index (χ2n) is 14.5. The van der Waals surface area contributed by atoms with Crippen LogP contribution in [0.25, 0.3) is 0 Å². The van der Waals surface area contributed by atoms with Gasteiger partial charge < -0.3 is 19.0 Å². The van der Waals surface area contributed by atoms with Gasteiger partial charge in [-0.15, -0.1) is 0 Å². The fraction of sp³-hybridized carbons (Fsp3) is 0.611. The molecule has 2 aliphatic rings. The van der Waals surface area contributed by atoms with Crippen LogP contribution in [0.15, 0.2) is 60.7 Å². The summed E-state index contributed by atoms with van der Waals surface area (Å²) in [4.78, 5) is 25.0. The second kappa shape index (κ2) is 13.6. The molecular weight excluding hydrogens is 554 g/mol. The Hall–Kier alpha value is -2.50. The molecule has 0 spiro atoms. The zero-order valence-corrected chi connectivity index (χ0v) is 28.0. The molecule has 0 bridgehead atoms. The van der Waals surface area contributed by atoms with Gasteiger partial charge in [0.05, 0.1) is 42.0 Å². The molecule has 2 fully saturated rings. The molecule has 0 aromatic heterocycles.